The summed E-state index contributed by atoms with van der Waals surface area (Å²) in [6.45, 7) is 5.35. The van der Waals surface area contributed by atoms with E-state index in [4.69, 9.17) is 25.8 Å². The highest BCUT2D eigenvalue weighted by Crippen LogP contribution is 2.38. The molecule has 0 radical (unpaired) electrons. The van der Waals surface area contributed by atoms with Crippen LogP contribution in [0.2, 0.25) is 5.15 Å². The molecule has 0 atom stereocenters. The van der Waals surface area contributed by atoms with E-state index in [2.05, 4.69) is 16.0 Å². The van der Waals surface area contributed by atoms with E-state index < -0.39 is 0 Å². The summed E-state index contributed by atoms with van der Waals surface area (Å²) in [5.74, 6) is 1.51. The zero-order valence-electron chi connectivity index (χ0n) is 15.2. The van der Waals surface area contributed by atoms with Gasteiger partial charge in [-0.15, -0.1) is 0 Å². The summed E-state index contributed by atoms with van der Waals surface area (Å²) >= 11 is 6.39. The van der Waals surface area contributed by atoms with Crippen LogP contribution in [0.3, 0.4) is 0 Å². The fourth-order valence-corrected chi connectivity index (χ4v) is 4.19. The van der Waals surface area contributed by atoms with Crippen molar-refractivity contribution in [2.75, 3.05) is 46.6 Å². The number of rotatable bonds is 6. The van der Waals surface area contributed by atoms with Crippen molar-refractivity contribution in [2.45, 2.75) is 25.7 Å². The van der Waals surface area contributed by atoms with Gasteiger partial charge < -0.3 is 14.2 Å². The lowest BCUT2D eigenvalue weighted by Gasteiger charge is -2.26. The third-order valence-corrected chi connectivity index (χ3v) is 5.59. The number of hydrogen-bond donors (Lipinski definition) is 0. The zero-order valence-corrected chi connectivity index (χ0v) is 16.0. The van der Waals surface area contributed by atoms with Gasteiger partial charge in [0.25, 0.3) is 0 Å². The van der Waals surface area contributed by atoms with Gasteiger partial charge in [-0.05, 0) is 42.9 Å². The summed E-state index contributed by atoms with van der Waals surface area (Å²) in [5.41, 5.74) is 3.40. The van der Waals surface area contributed by atoms with Gasteiger partial charge in [-0.3, -0.25) is 4.90 Å². The molecule has 0 N–H and O–H groups in total. The number of nitrogens with zero attached hydrogens (tertiary/aromatic N) is 2. The van der Waals surface area contributed by atoms with Gasteiger partial charge in [0, 0.05) is 31.1 Å². The molecular weight excluding hydrogens is 352 g/mol. The van der Waals surface area contributed by atoms with E-state index in [0.717, 1.165) is 80.9 Å². The Kier molecular flexibility index (Phi) is 5.48. The Balaban J connectivity index is 1.48. The predicted octanol–water partition coefficient (Wildman–Crippen LogP) is 3.49. The summed E-state index contributed by atoms with van der Waals surface area (Å²) in [7, 11) is 1.69. The highest BCUT2D eigenvalue weighted by atomic mass is 35.5. The second-order valence-electron chi connectivity index (χ2n) is 6.89. The molecule has 1 aromatic heterocycles. The molecule has 5 nitrogen and oxygen atoms in total. The van der Waals surface area contributed by atoms with Crippen LogP contribution in [0.25, 0.3) is 10.9 Å². The van der Waals surface area contributed by atoms with Crippen LogP contribution in [0.4, 0.5) is 0 Å². The van der Waals surface area contributed by atoms with Gasteiger partial charge in [0.1, 0.15) is 5.15 Å². The largest absolute Gasteiger partial charge is 0.493 e. The molecule has 0 amide bonds. The molecule has 0 saturated carbocycles. The highest BCUT2D eigenvalue weighted by molar-refractivity contribution is 6.30. The number of aromatic nitrogens is 1. The Morgan fingerprint density at radius 1 is 1.15 bits per heavy atom. The lowest BCUT2D eigenvalue weighted by Crippen LogP contribution is -2.37. The van der Waals surface area contributed by atoms with Crippen LogP contribution in [-0.2, 0) is 17.6 Å². The zero-order chi connectivity index (χ0) is 17.9. The van der Waals surface area contributed by atoms with Crippen molar-refractivity contribution in [3.05, 3.63) is 28.4 Å². The van der Waals surface area contributed by atoms with Crippen LogP contribution < -0.4 is 9.47 Å². The van der Waals surface area contributed by atoms with E-state index in [1.54, 1.807) is 7.11 Å². The predicted molar refractivity (Wildman–Crippen MR) is 103 cm³/mol. The lowest BCUT2D eigenvalue weighted by molar-refractivity contribution is 0.0357. The average molecular weight is 377 g/mol. The van der Waals surface area contributed by atoms with E-state index in [1.165, 1.54) is 11.1 Å². The minimum absolute atomic E-state index is 0.633. The average Bonchev–Trinajstić information content (AvgIpc) is 3.16. The monoisotopic (exact) mass is 376 g/mol. The minimum Gasteiger partial charge on any atom is -0.493 e. The molecule has 26 heavy (non-hydrogen) atoms. The quantitative estimate of drug-likeness (QED) is 0.570. The minimum atomic E-state index is 0.633. The van der Waals surface area contributed by atoms with E-state index in [-0.39, 0.29) is 0 Å². The van der Waals surface area contributed by atoms with Crippen LogP contribution in [0.15, 0.2) is 12.1 Å². The molecule has 140 valence electrons. The lowest BCUT2D eigenvalue weighted by atomic mass is 10.1. The van der Waals surface area contributed by atoms with Gasteiger partial charge in [0.2, 0.25) is 0 Å². The number of morpholine rings is 1. The van der Waals surface area contributed by atoms with Gasteiger partial charge >= 0.3 is 0 Å². The summed E-state index contributed by atoms with van der Waals surface area (Å²) in [5, 5.41) is 1.77. The Morgan fingerprint density at radius 2 is 1.96 bits per heavy atom. The second kappa shape index (κ2) is 7.99. The normalized spacial score (nSPS) is 17.5. The molecule has 1 fully saturated rings. The molecule has 2 heterocycles. The first-order chi connectivity index (χ1) is 12.8. The fraction of sp³-hybridized carbons (Fsp3) is 0.550. The molecule has 2 aliphatic rings. The summed E-state index contributed by atoms with van der Waals surface area (Å²) in [6.07, 6.45) is 4.17. The molecule has 6 heteroatoms. The van der Waals surface area contributed by atoms with Crippen LogP contribution in [0.1, 0.15) is 24.0 Å². The van der Waals surface area contributed by atoms with E-state index in [0.29, 0.717) is 11.8 Å². The van der Waals surface area contributed by atoms with Gasteiger partial charge in [-0.25, -0.2) is 4.98 Å². The number of methoxy groups -OCH3 is 1. The molecule has 0 bridgehead atoms. The third kappa shape index (κ3) is 3.61. The van der Waals surface area contributed by atoms with Crippen LogP contribution in [-0.4, -0.2) is 56.4 Å². The summed E-state index contributed by atoms with van der Waals surface area (Å²) < 4.78 is 17.0. The van der Waals surface area contributed by atoms with Gasteiger partial charge in [0.05, 0.1) is 32.4 Å². The molecule has 0 unspecified atom stereocenters. The van der Waals surface area contributed by atoms with Gasteiger partial charge in [-0.2, -0.15) is 0 Å². The molecule has 1 aliphatic heterocycles. The molecule has 1 saturated heterocycles. The molecular formula is C20H25ClN2O3. The van der Waals surface area contributed by atoms with E-state index >= 15 is 0 Å². The topological polar surface area (TPSA) is 43.8 Å². The Bertz CT molecular complexity index is 790. The SMILES string of the molecule is COc1cc2c3c(c(Cl)nc2cc1OCCCN1CCOCC1)CCC3. The van der Waals surface area contributed by atoms with Crippen molar-refractivity contribution in [2.24, 2.45) is 0 Å². The first-order valence-corrected chi connectivity index (χ1v) is 9.76. The van der Waals surface area contributed by atoms with Crippen molar-refractivity contribution in [1.82, 2.24) is 9.88 Å². The van der Waals surface area contributed by atoms with Gasteiger partial charge in [-0.1, -0.05) is 11.6 Å². The number of fused-ring (bicyclic) bond motifs is 3. The summed E-state index contributed by atoms with van der Waals surface area (Å²) in [6, 6.07) is 4.02. The highest BCUT2D eigenvalue weighted by Gasteiger charge is 2.20. The van der Waals surface area contributed by atoms with Crippen molar-refractivity contribution < 1.29 is 14.2 Å². The first-order valence-electron chi connectivity index (χ1n) is 9.38. The number of aryl methyl sites for hydroxylation is 1. The fourth-order valence-electron chi connectivity index (χ4n) is 3.89. The molecule has 2 aromatic rings. The Hall–Kier alpha value is -1.56. The van der Waals surface area contributed by atoms with Gasteiger partial charge in [0.15, 0.2) is 11.5 Å². The van der Waals surface area contributed by atoms with E-state index in [1.807, 2.05) is 6.07 Å². The number of halogens is 1. The Morgan fingerprint density at radius 3 is 2.77 bits per heavy atom. The second-order valence-corrected chi connectivity index (χ2v) is 7.25. The van der Waals surface area contributed by atoms with E-state index in [9.17, 15) is 0 Å². The number of pyridine rings is 1. The molecule has 1 aromatic carbocycles. The maximum atomic E-state index is 6.39. The van der Waals surface area contributed by atoms with Crippen molar-refractivity contribution in [3.63, 3.8) is 0 Å². The van der Waals surface area contributed by atoms with Crippen LogP contribution in [0.5, 0.6) is 11.5 Å². The van der Waals surface area contributed by atoms with Crippen molar-refractivity contribution in [3.8, 4) is 11.5 Å². The molecule has 0 spiro atoms. The molecule has 4 rings (SSSR count). The Labute approximate surface area is 159 Å². The first kappa shape index (κ1) is 17.8. The number of benzene rings is 1. The van der Waals surface area contributed by atoms with Crippen LogP contribution in [0, 0.1) is 0 Å². The smallest absolute Gasteiger partial charge is 0.163 e. The number of hydrogen-bond acceptors (Lipinski definition) is 5. The summed E-state index contributed by atoms with van der Waals surface area (Å²) in [4.78, 5) is 7.00. The maximum absolute atomic E-state index is 6.39. The van der Waals surface area contributed by atoms with Crippen molar-refractivity contribution >= 4 is 22.5 Å². The van der Waals surface area contributed by atoms with Crippen LogP contribution >= 0.6 is 11.6 Å². The maximum Gasteiger partial charge on any atom is 0.163 e. The standard InChI is InChI=1S/C20H25ClN2O3/c1-24-18-12-16-14-4-2-5-15(14)20(21)22-17(16)13-19(18)26-9-3-6-23-7-10-25-11-8-23/h12-13H,2-11H2,1H3. The number of ether oxygens (including phenoxy) is 3. The molecule has 1 aliphatic carbocycles. The van der Waals surface area contributed by atoms with Crippen molar-refractivity contribution in [1.29, 1.82) is 0 Å². The third-order valence-electron chi connectivity index (χ3n) is 5.27.